The molecule has 0 aliphatic heterocycles. The highest BCUT2D eigenvalue weighted by molar-refractivity contribution is 5.98. The van der Waals surface area contributed by atoms with E-state index in [1.165, 1.54) is 12.1 Å². The van der Waals surface area contributed by atoms with Crippen molar-refractivity contribution in [2.75, 3.05) is 26.3 Å². The summed E-state index contributed by atoms with van der Waals surface area (Å²) in [5, 5.41) is 70.4. The molecular weight excluding hydrogens is 786 g/mol. The third kappa shape index (κ3) is 19.4. The van der Waals surface area contributed by atoms with Crippen molar-refractivity contribution in [1.82, 2.24) is 31.9 Å². The number of aromatic hydroxyl groups is 1. The molecule has 0 saturated heterocycles. The molecule has 0 aromatic heterocycles. The van der Waals surface area contributed by atoms with E-state index in [0.717, 1.165) is 0 Å². The van der Waals surface area contributed by atoms with Crippen LogP contribution in [-0.2, 0) is 49.6 Å². The van der Waals surface area contributed by atoms with Crippen LogP contribution in [0.1, 0.15) is 56.9 Å². The summed E-state index contributed by atoms with van der Waals surface area (Å²) in [5.74, 6) is -11.7. The van der Waals surface area contributed by atoms with E-state index >= 15 is 0 Å². The van der Waals surface area contributed by atoms with Gasteiger partial charge in [0.1, 0.15) is 42.0 Å². The third-order valence-electron chi connectivity index (χ3n) is 8.52. The van der Waals surface area contributed by atoms with Gasteiger partial charge in [0.2, 0.25) is 35.4 Å². The summed E-state index contributed by atoms with van der Waals surface area (Å²) in [7, 11) is 0. The van der Waals surface area contributed by atoms with Crippen LogP contribution < -0.4 is 49.1 Å². The first-order chi connectivity index (χ1) is 27.9. The van der Waals surface area contributed by atoms with Crippen molar-refractivity contribution >= 4 is 53.4 Å². The van der Waals surface area contributed by atoms with E-state index in [9.17, 15) is 73.8 Å². The molecule has 59 heavy (non-hydrogen) atoms. The van der Waals surface area contributed by atoms with Gasteiger partial charge in [0, 0.05) is 0 Å². The van der Waals surface area contributed by atoms with Gasteiger partial charge in [-0.3, -0.25) is 38.4 Å². The van der Waals surface area contributed by atoms with E-state index in [1.807, 2.05) is 16.0 Å². The molecular formula is C35H55N9O15. The second-order valence-electron chi connectivity index (χ2n) is 13.3. The molecule has 0 fully saturated rings. The van der Waals surface area contributed by atoms with Crippen LogP contribution in [0.2, 0.25) is 0 Å². The van der Waals surface area contributed by atoms with E-state index in [1.54, 1.807) is 12.1 Å². The lowest BCUT2D eigenvalue weighted by molar-refractivity contribution is -0.144. The van der Waals surface area contributed by atoms with Crippen molar-refractivity contribution < 1.29 is 73.8 Å². The zero-order chi connectivity index (χ0) is 44.7. The molecule has 18 N–H and O–H groups in total. The number of hydrogen-bond donors (Lipinski definition) is 15. The molecule has 330 valence electrons. The Morgan fingerprint density at radius 1 is 0.508 bits per heavy atom. The van der Waals surface area contributed by atoms with Crippen LogP contribution in [0.4, 0.5) is 0 Å². The monoisotopic (exact) mass is 841 g/mol. The first kappa shape index (κ1) is 51.1. The molecule has 0 saturated carbocycles. The zero-order valence-corrected chi connectivity index (χ0v) is 32.1. The summed E-state index contributed by atoms with van der Waals surface area (Å²) in [6.45, 7) is -1.81. The first-order valence-corrected chi connectivity index (χ1v) is 18.5. The first-order valence-electron chi connectivity index (χ1n) is 18.5. The minimum atomic E-state index is -2.02. The fourth-order valence-corrected chi connectivity index (χ4v) is 5.29. The van der Waals surface area contributed by atoms with Gasteiger partial charge in [-0.05, 0) is 75.7 Å². The Bertz CT molecular complexity index is 1600. The Hall–Kier alpha value is -5.95. The molecule has 6 amide bonds. The van der Waals surface area contributed by atoms with Crippen LogP contribution in [0.25, 0.3) is 0 Å². The van der Waals surface area contributed by atoms with Gasteiger partial charge in [-0.1, -0.05) is 12.1 Å². The average Bonchev–Trinajstić information content (AvgIpc) is 3.17. The Kier molecular flexibility index (Phi) is 23.3. The van der Waals surface area contributed by atoms with E-state index < -0.39 is 122 Å². The minimum Gasteiger partial charge on any atom is -0.508 e. The minimum absolute atomic E-state index is 0.00597. The van der Waals surface area contributed by atoms with Gasteiger partial charge >= 0.3 is 17.9 Å². The fraction of sp³-hybridized carbons (Fsp3) is 0.571. The van der Waals surface area contributed by atoms with Crippen LogP contribution in [-0.4, -0.2) is 153 Å². The van der Waals surface area contributed by atoms with Gasteiger partial charge in [0.05, 0.1) is 32.1 Å². The maximum atomic E-state index is 13.3. The highest BCUT2D eigenvalue weighted by Gasteiger charge is 2.34. The van der Waals surface area contributed by atoms with Crippen molar-refractivity contribution in [2.24, 2.45) is 17.2 Å². The van der Waals surface area contributed by atoms with Gasteiger partial charge < -0.3 is 79.7 Å². The van der Waals surface area contributed by atoms with Crippen LogP contribution in [0.15, 0.2) is 24.3 Å². The number of rotatable bonds is 29. The SMILES string of the molecule is NCCCC[C@H](NC(=O)[C@H](CC(=O)O)NC(=O)[C@H](CO)NC(=O)[C@H](CC(=O)O)NC(=O)[C@H](CO)NC(=O)[C@H](CCCCN)NC(=O)[C@@H](N)Cc1ccc(O)cc1)C(=O)O. The molecule has 7 atom stereocenters. The predicted octanol–water partition coefficient (Wildman–Crippen LogP) is -5.55. The standard InChI is InChI=1S/C35H55N9O15/c36-11-3-1-5-21(39-29(52)20(38)13-18-7-9-19(47)10-8-18)30(53)43-25(16-45)33(56)42-24(15-28(50)51)32(55)44-26(17-46)34(57)41-23(14-27(48)49)31(54)40-22(35(58)59)6-2-4-12-37/h7-10,20-26,45-47H,1-6,11-17,36-38H2,(H,39,52)(H,40,54)(H,41,57)(H,42,56)(H,43,53)(H,44,55)(H,48,49)(H,50,51)(H,58,59)/t20-,21-,22-,23-,24-,25-,26-/m0/s1. The number of aliphatic hydroxyl groups is 2. The van der Waals surface area contributed by atoms with Crippen molar-refractivity contribution in [1.29, 1.82) is 0 Å². The summed E-state index contributed by atoms with van der Waals surface area (Å²) in [5.41, 5.74) is 17.6. The topological polar surface area (TPSA) is 425 Å². The van der Waals surface area contributed by atoms with Crippen LogP contribution in [0.3, 0.4) is 0 Å². The van der Waals surface area contributed by atoms with Crippen molar-refractivity contribution in [3.8, 4) is 5.75 Å². The van der Waals surface area contributed by atoms with Gasteiger partial charge in [0.25, 0.3) is 0 Å². The average molecular weight is 842 g/mol. The highest BCUT2D eigenvalue weighted by Crippen LogP contribution is 2.12. The lowest BCUT2D eigenvalue weighted by Crippen LogP contribution is -2.61. The number of aliphatic hydroxyl groups excluding tert-OH is 2. The van der Waals surface area contributed by atoms with Crippen molar-refractivity contribution in [2.45, 2.75) is 100 Å². The molecule has 1 aromatic carbocycles. The molecule has 24 heteroatoms. The third-order valence-corrected chi connectivity index (χ3v) is 8.52. The fourth-order valence-electron chi connectivity index (χ4n) is 5.29. The number of nitrogens with two attached hydrogens (primary N) is 3. The number of carbonyl (C=O) groups excluding carboxylic acids is 6. The predicted molar refractivity (Wildman–Crippen MR) is 203 cm³/mol. The number of unbranched alkanes of at least 4 members (excludes halogenated alkanes) is 2. The molecule has 0 aliphatic carbocycles. The second-order valence-corrected chi connectivity index (χ2v) is 13.3. The smallest absolute Gasteiger partial charge is 0.326 e. The number of phenols is 1. The number of nitrogens with one attached hydrogen (secondary N) is 6. The van der Waals surface area contributed by atoms with E-state index in [2.05, 4.69) is 16.0 Å². The summed E-state index contributed by atoms with van der Waals surface area (Å²) in [6.07, 6.45) is -0.760. The lowest BCUT2D eigenvalue weighted by Gasteiger charge is -2.26. The maximum Gasteiger partial charge on any atom is 0.326 e. The molecule has 1 aromatic rings. The largest absolute Gasteiger partial charge is 0.508 e. The number of amides is 6. The number of phenolic OH excluding ortho intramolecular Hbond substituents is 1. The highest BCUT2D eigenvalue weighted by atomic mass is 16.4. The Morgan fingerprint density at radius 3 is 1.25 bits per heavy atom. The molecule has 24 nitrogen and oxygen atoms in total. The van der Waals surface area contributed by atoms with Crippen molar-refractivity contribution in [3.63, 3.8) is 0 Å². The molecule has 1 rings (SSSR count). The summed E-state index contributed by atoms with van der Waals surface area (Å²) >= 11 is 0. The molecule has 0 bridgehead atoms. The normalized spacial score (nSPS) is 14.5. The Morgan fingerprint density at radius 2 is 0.864 bits per heavy atom. The lowest BCUT2D eigenvalue weighted by atomic mass is 10.0. The molecule has 0 aliphatic rings. The van der Waals surface area contributed by atoms with Crippen LogP contribution >= 0.6 is 0 Å². The van der Waals surface area contributed by atoms with E-state index in [-0.39, 0.29) is 44.5 Å². The molecule has 0 heterocycles. The summed E-state index contributed by atoms with van der Waals surface area (Å²) < 4.78 is 0. The van der Waals surface area contributed by atoms with E-state index in [0.29, 0.717) is 24.8 Å². The van der Waals surface area contributed by atoms with Crippen LogP contribution in [0.5, 0.6) is 5.75 Å². The number of aliphatic carboxylic acids is 3. The quantitative estimate of drug-likeness (QED) is 0.0334. The molecule has 0 spiro atoms. The number of benzene rings is 1. The zero-order valence-electron chi connectivity index (χ0n) is 32.1. The Balaban J connectivity index is 3.11. The van der Waals surface area contributed by atoms with Gasteiger partial charge in [-0.15, -0.1) is 0 Å². The van der Waals surface area contributed by atoms with E-state index in [4.69, 9.17) is 17.2 Å². The maximum absolute atomic E-state index is 13.3. The Labute approximate surface area is 338 Å². The van der Waals surface area contributed by atoms with Gasteiger partial charge in [-0.2, -0.15) is 0 Å². The van der Waals surface area contributed by atoms with Gasteiger partial charge in [-0.25, -0.2) is 4.79 Å². The number of hydrogen-bond acceptors (Lipinski definition) is 15. The summed E-state index contributed by atoms with van der Waals surface area (Å²) in [4.78, 5) is 113. The number of carbonyl (C=O) groups is 9. The van der Waals surface area contributed by atoms with Crippen LogP contribution in [0, 0.1) is 0 Å². The van der Waals surface area contributed by atoms with Crippen molar-refractivity contribution in [3.05, 3.63) is 29.8 Å². The molecule has 0 radical (unpaired) electrons. The number of carboxylic acids is 3. The number of carboxylic acid groups (broad SMARTS) is 3. The summed E-state index contributed by atoms with van der Waals surface area (Å²) in [6, 6.07) is -5.80. The second kappa shape index (κ2) is 26.9. The molecule has 0 unspecified atom stereocenters. The van der Waals surface area contributed by atoms with Gasteiger partial charge in [0.15, 0.2) is 0 Å².